The van der Waals surface area contributed by atoms with Crippen LogP contribution in [-0.4, -0.2) is 25.0 Å². The number of hydrogen-bond acceptors (Lipinski definition) is 3. The molecule has 1 saturated heterocycles. The highest BCUT2D eigenvalue weighted by molar-refractivity contribution is 6.05. The maximum atomic E-state index is 12.3. The van der Waals surface area contributed by atoms with Crippen LogP contribution in [0.25, 0.3) is 11.0 Å². The molecule has 2 aliphatic rings. The number of amides is 1. The zero-order valence-electron chi connectivity index (χ0n) is 10.6. The molecule has 4 heteroatoms. The van der Waals surface area contributed by atoms with E-state index < -0.39 is 0 Å². The van der Waals surface area contributed by atoms with Gasteiger partial charge in [0.15, 0.2) is 0 Å². The van der Waals surface area contributed by atoms with Gasteiger partial charge in [-0.2, -0.15) is 0 Å². The van der Waals surface area contributed by atoms with E-state index in [0.29, 0.717) is 18.2 Å². The van der Waals surface area contributed by atoms with Gasteiger partial charge in [0.25, 0.3) is 5.91 Å². The molecule has 98 valence electrons. The smallest absolute Gasteiger partial charge is 0.252 e. The minimum atomic E-state index is -0.0158. The first kappa shape index (κ1) is 11.1. The molecule has 0 unspecified atom stereocenters. The summed E-state index contributed by atoms with van der Waals surface area (Å²) in [6, 6.07) is 7.87. The summed E-state index contributed by atoms with van der Waals surface area (Å²) in [7, 11) is 0. The Morgan fingerprint density at radius 1 is 1.42 bits per heavy atom. The van der Waals surface area contributed by atoms with E-state index in [1.54, 1.807) is 6.26 Å². The molecule has 4 rings (SSSR count). The van der Waals surface area contributed by atoms with Crippen molar-refractivity contribution in [3.8, 4) is 0 Å². The van der Waals surface area contributed by atoms with Crippen molar-refractivity contribution in [1.82, 2.24) is 10.6 Å². The molecule has 2 heterocycles. The van der Waals surface area contributed by atoms with Gasteiger partial charge in [-0.1, -0.05) is 6.07 Å². The number of carbonyl (C=O) groups is 1. The van der Waals surface area contributed by atoms with Gasteiger partial charge >= 0.3 is 0 Å². The summed E-state index contributed by atoms with van der Waals surface area (Å²) in [6.07, 6.45) is 2.94. The number of hydrogen-bond donors (Lipinski definition) is 2. The standard InChI is InChI=1S/C15H16N2O2/c18-15(17-8-13-12-6-9(12)7-16-13)11-2-1-3-14-10(11)4-5-19-14/h1-5,9,12-13,16H,6-8H2,(H,17,18)/t9-,12-,13-/m1/s1. The number of benzene rings is 1. The van der Waals surface area contributed by atoms with E-state index in [-0.39, 0.29) is 5.91 Å². The maximum absolute atomic E-state index is 12.3. The first-order chi connectivity index (χ1) is 9.33. The molecule has 1 aromatic heterocycles. The molecular formula is C15H16N2O2. The zero-order chi connectivity index (χ0) is 12.8. The summed E-state index contributed by atoms with van der Waals surface area (Å²) in [5.74, 6) is 1.63. The summed E-state index contributed by atoms with van der Waals surface area (Å²) in [5.41, 5.74) is 1.45. The number of fused-ring (bicyclic) bond motifs is 2. The summed E-state index contributed by atoms with van der Waals surface area (Å²) < 4.78 is 5.32. The normalized spacial score (nSPS) is 28.3. The van der Waals surface area contributed by atoms with Crippen LogP contribution in [-0.2, 0) is 0 Å². The van der Waals surface area contributed by atoms with Crippen LogP contribution in [0.3, 0.4) is 0 Å². The van der Waals surface area contributed by atoms with Crippen molar-refractivity contribution in [3.63, 3.8) is 0 Å². The Hall–Kier alpha value is -1.81. The molecule has 0 spiro atoms. The van der Waals surface area contributed by atoms with Gasteiger partial charge in [-0.05, 0) is 43.0 Å². The van der Waals surface area contributed by atoms with Crippen LogP contribution in [0, 0.1) is 11.8 Å². The molecule has 3 atom stereocenters. The maximum Gasteiger partial charge on any atom is 0.252 e. The van der Waals surface area contributed by atoms with Crippen LogP contribution in [0.15, 0.2) is 34.9 Å². The van der Waals surface area contributed by atoms with E-state index in [9.17, 15) is 4.79 Å². The highest BCUT2D eigenvalue weighted by Gasteiger charge is 2.47. The quantitative estimate of drug-likeness (QED) is 0.880. The summed E-state index contributed by atoms with van der Waals surface area (Å²) in [6.45, 7) is 1.83. The Kier molecular flexibility index (Phi) is 2.38. The monoisotopic (exact) mass is 256 g/mol. The van der Waals surface area contributed by atoms with E-state index in [0.717, 1.165) is 29.3 Å². The summed E-state index contributed by atoms with van der Waals surface area (Å²) in [4.78, 5) is 12.3. The molecule has 1 amide bonds. The predicted molar refractivity (Wildman–Crippen MR) is 71.9 cm³/mol. The van der Waals surface area contributed by atoms with Crippen LogP contribution in [0.2, 0.25) is 0 Å². The van der Waals surface area contributed by atoms with Crippen LogP contribution in [0.5, 0.6) is 0 Å². The van der Waals surface area contributed by atoms with E-state index in [4.69, 9.17) is 4.42 Å². The predicted octanol–water partition coefficient (Wildman–Crippen LogP) is 1.77. The minimum absolute atomic E-state index is 0.0158. The lowest BCUT2D eigenvalue weighted by Gasteiger charge is -2.14. The Morgan fingerprint density at radius 2 is 2.37 bits per heavy atom. The van der Waals surface area contributed by atoms with Crippen molar-refractivity contribution >= 4 is 16.9 Å². The highest BCUT2D eigenvalue weighted by atomic mass is 16.3. The van der Waals surface area contributed by atoms with Gasteiger partial charge in [0.2, 0.25) is 0 Å². The first-order valence-electron chi connectivity index (χ1n) is 6.81. The third-order valence-corrected chi connectivity index (χ3v) is 4.36. The van der Waals surface area contributed by atoms with E-state index in [1.165, 1.54) is 6.42 Å². The van der Waals surface area contributed by atoms with Gasteiger partial charge in [-0.15, -0.1) is 0 Å². The second-order valence-corrected chi connectivity index (χ2v) is 5.52. The van der Waals surface area contributed by atoms with Crippen LogP contribution in [0.1, 0.15) is 16.8 Å². The third-order valence-electron chi connectivity index (χ3n) is 4.36. The van der Waals surface area contributed by atoms with E-state index in [2.05, 4.69) is 10.6 Å². The second-order valence-electron chi connectivity index (χ2n) is 5.52. The fourth-order valence-electron chi connectivity index (χ4n) is 3.17. The second kappa shape index (κ2) is 4.10. The lowest BCUT2D eigenvalue weighted by atomic mass is 10.1. The average molecular weight is 256 g/mol. The Morgan fingerprint density at radius 3 is 3.16 bits per heavy atom. The molecule has 1 saturated carbocycles. The lowest BCUT2D eigenvalue weighted by molar-refractivity contribution is 0.0951. The van der Waals surface area contributed by atoms with Crippen molar-refractivity contribution in [2.75, 3.05) is 13.1 Å². The van der Waals surface area contributed by atoms with Crippen LogP contribution >= 0.6 is 0 Å². The van der Waals surface area contributed by atoms with Crippen molar-refractivity contribution in [3.05, 3.63) is 36.1 Å². The first-order valence-corrected chi connectivity index (χ1v) is 6.81. The van der Waals surface area contributed by atoms with Crippen LogP contribution in [0.4, 0.5) is 0 Å². The van der Waals surface area contributed by atoms with Gasteiger partial charge in [0.05, 0.1) is 11.8 Å². The molecule has 0 bridgehead atoms. The number of furan rings is 1. The topological polar surface area (TPSA) is 54.3 Å². The van der Waals surface area contributed by atoms with Crippen LogP contribution < -0.4 is 10.6 Å². The van der Waals surface area contributed by atoms with Gasteiger partial charge in [0.1, 0.15) is 5.58 Å². The fourth-order valence-corrected chi connectivity index (χ4v) is 3.17. The van der Waals surface area contributed by atoms with Gasteiger partial charge in [0, 0.05) is 18.0 Å². The molecule has 1 aliphatic heterocycles. The average Bonchev–Trinajstić information content (AvgIpc) is 2.87. The molecule has 2 fully saturated rings. The number of piperidine rings is 1. The van der Waals surface area contributed by atoms with E-state index >= 15 is 0 Å². The fraction of sp³-hybridized carbons (Fsp3) is 0.400. The summed E-state index contributed by atoms with van der Waals surface area (Å²) in [5, 5.41) is 7.38. The van der Waals surface area contributed by atoms with Crippen molar-refractivity contribution in [2.45, 2.75) is 12.5 Å². The Labute approximate surface area is 111 Å². The number of nitrogens with one attached hydrogen (secondary N) is 2. The molecular weight excluding hydrogens is 240 g/mol. The largest absolute Gasteiger partial charge is 0.464 e. The van der Waals surface area contributed by atoms with Crippen molar-refractivity contribution < 1.29 is 9.21 Å². The molecule has 2 N–H and O–H groups in total. The molecule has 2 aromatic rings. The molecule has 1 aromatic carbocycles. The number of rotatable bonds is 3. The van der Waals surface area contributed by atoms with E-state index in [1.807, 2.05) is 24.3 Å². The molecule has 4 nitrogen and oxygen atoms in total. The Bertz CT molecular complexity index is 634. The SMILES string of the molecule is O=C(NC[C@H]1NC[C@H]2C[C@H]21)c1cccc2occc12. The lowest BCUT2D eigenvalue weighted by Crippen LogP contribution is -2.39. The molecule has 19 heavy (non-hydrogen) atoms. The van der Waals surface area contributed by atoms with Crippen molar-refractivity contribution in [1.29, 1.82) is 0 Å². The highest BCUT2D eigenvalue weighted by Crippen LogP contribution is 2.44. The zero-order valence-corrected chi connectivity index (χ0v) is 10.6. The summed E-state index contributed by atoms with van der Waals surface area (Å²) >= 11 is 0. The van der Waals surface area contributed by atoms with Gasteiger partial charge in [-0.3, -0.25) is 4.79 Å². The third kappa shape index (κ3) is 1.83. The minimum Gasteiger partial charge on any atom is -0.464 e. The van der Waals surface area contributed by atoms with Gasteiger partial charge in [-0.25, -0.2) is 0 Å². The molecule has 1 aliphatic carbocycles. The van der Waals surface area contributed by atoms with Crippen molar-refractivity contribution in [2.24, 2.45) is 11.8 Å². The van der Waals surface area contributed by atoms with Gasteiger partial charge < -0.3 is 15.1 Å². The Balaban J connectivity index is 1.49. The number of carbonyl (C=O) groups excluding carboxylic acids is 1. The molecule has 0 radical (unpaired) electrons.